The smallest absolute Gasteiger partial charge is 0.317 e. The maximum absolute atomic E-state index is 12.1. The van der Waals surface area contributed by atoms with E-state index in [1.54, 1.807) is 0 Å². The van der Waals surface area contributed by atoms with E-state index in [2.05, 4.69) is 5.32 Å². The van der Waals surface area contributed by atoms with Gasteiger partial charge < -0.3 is 20.4 Å². The normalized spacial score (nSPS) is 10.4. The van der Waals surface area contributed by atoms with Gasteiger partial charge in [-0.1, -0.05) is 0 Å². The topological polar surface area (TPSA) is 89.9 Å². The van der Waals surface area contributed by atoms with E-state index < -0.39 is 31.6 Å². The maximum atomic E-state index is 12.1. The molecule has 0 aromatic heterocycles. The number of carbonyl (C=O) groups is 2. The van der Waals surface area contributed by atoms with Gasteiger partial charge in [0, 0.05) is 19.5 Å². The van der Waals surface area contributed by atoms with E-state index in [0.29, 0.717) is 0 Å². The number of hydrogen-bond donors (Lipinski definition) is 3. The van der Waals surface area contributed by atoms with E-state index in [-0.39, 0.29) is 25.9 Å². The minimum absolute atomic E-state index is 0.0936. The number of nitrogens with zero attached hydrogens (tertiary/aromatic N) is 1. The van der Waals surface area contributed by atoms with E-state index in [0.717, 1.165) is 4.90 Å². The Morgan fingerprint density at radius 1 is 1.35 bits per heavy atom. The number of carbonyl (C=O) groups excluding carboxylic acids is 1. The van der Waals surface area contributed by atoms with Crippen molar-refractivity contribution in [2.24, 2.45) is 0 Å². The highest BCUT2D eigenvalue weighted by Gasteiger charge is 2.17. The van der Waals surface area contributed by atoms with Gasteiger partial charge in [0.1, 0.15) is 0 Å². The summed E-state index contributed by atoms with van der Waals surface area (Å²) >= 11 is 0. The lowest BCUT2D eigenvalue weighted by Crippen LogP contribution is -2.44. The summed E-state index contributed by atoms with van der Waals surface area (Å²) in [6, 6.07) is -0.732. The van der Waals surface area contributed by atoms with Gasteiger partial charge in [0.05, 0.1) is 13.2 Å². The lowest BCUT2D eigenvalue weighted by molar-refractivity contribution is -0.137. The average molecular weight is 254 g/mol. The van der Waals surface area contributed by atoms with Crippen molar-refractivity contribution in [3.8, 4) is 0 Å². The molecule has 0 aromatic rings. The van der Waals surface area contributed by atoms with Gasteiger partial charge in [-0.25, -0.2) is 13.6 Å². The summed E-state index contributed by atoms with van der Waals surface area (Å²) in [6.45, 7) is -1.26. The maximum Gasteiger partial charge on any atom is 0.317 e. The fourth-order valence-electron chi connectivity index (χ4n) is 1.11. The molecule has 0 saturated carbocycles. The zero-order chi connectivity index (χ0) is 13.3. The number of urea groups is 1. The Labute approximate surface area is 97.2 Å². The first-order chi connectivity index (χ1) is 7.97. The molecule has 0 saturated heterocycles. The van der Waals surface area contributed by atoms with Crippen molar-refractivity contribution >= 4 is 12.0 Å². The first-order valence-electron chi connectivity index (χ1n) is 5.11. The van der Waals surface area contributed by atoms with Crippen LogP contribution in [0.5, 0.6) is 0 Å². The van der Waals surface area contributed by atoms with Gasteiger partial charge in [-0.2, -0.15) is 0 Å². The Bertz CT molecular complexity index is 251. The van der Waals surface area contributed by atoms with Gasteiger partial charge in [-0.3, -0.25) is 4.79 Å². The van der Waals surface area contributed by atoms with Crippen molar-refractivity contribution in [2.75, 3.05) is 26.2 Å². The van der Waals surface area contributed by atoms with Gasteiger partial charge in [0.15, 0.2) is 0 Å². The molecule has 0 heterocycles. The number of carboxylic acid groups (broad SMARTS) is 1. The summed E-state index contributed by atoms with van der Waals surface area (Å²) < 4.78 is 24.2. The zero-order valence-corrected chi connectivity index (χ0v) is 9.23. The number of halogens is 2. The van der Waals surface area contributed by atoms with Crippen LogP contribution in [0.15, 0.2) is 0 Å². The quantitative estimate of drug-likeness (QED) is 0.537. The second-order valence-electron chi connectivity index (χ2n) is 3.29. The molecule has 0 aliphatic heterocycles. The molecule has 0 fully saturated rings. The number of carboxylic acids is 1. The Balaban J connectivity index is 3.92. The molecule has 3 N–H and O–H groups in total. The van der Waals surface area contributed by atoms with Crippen LogP contribution in [0.2, 0.25) is 0 Å². The predicted octanol–water partition coefficient (Wildman–Crippen LogP) is 0.120. The third-order valence-electron chi connectivity index (χ3n) is 1.86. The SMILES string of the molecule is O=C(O)CCCNC(=O)N(CCO)CC(F)F. The number of amides is 2. The van der Waals surface area contributed by atoms with Gasteiger partial charge >= 0.3 is 12.0 Å². The molecule has 0 rings (SSSR count). The lowest BCUT2D eigenvalue weighted by Gasteiger charge is -2.21. The number of nitrogens with one attached hydrogen (secondary N) is 1. The monoisotopic (exact) mass is 254 g/mol. The first-order valence-corrected chi connectivity index (χ1v) is 5.11. The molecule has 0 aliphatic carbocycles. The Morgan fingerprint density at radius 2 is 2.00 bits per heavy atom. The molecule has 17 heavy (non-hydrogen) atoms. The molecular formula is C9H16F2N2O4. The molecule has 8 heteroatoms. The highest BCUT2D eigenvalue weighted by Crippen LogP contribution is 1.98. The van der Waals surface area contributed by atoms with Crippen LogP contribution in [-0.4, -0.2) is 59.8 Å². The van der Waals surface area contributed by atoms with Crippen LogP contribution in [-0.2, 0) is 4.79 Å². The molecule has 0 atom stereocenters. The van der Waals surface area contributed by atoms with Crippen LogP contribution in [0, 0.1) is 0 Å². The zero-order valence-electron chi connectivity index (χ0n) is 9.23. The van der Waals surface area contributed by atoms with E-state index in [9.17, 15) is 18.4 Å². The summed E-state index contributed by atoms with van der Waals surface area (Å²) in [5.41, 5.74) is 0. The molecule has 0 unspecified atom stereocenters. The number of aliphatic hydroxyl groups excluding tert-OH is 1. The summed E-state index contributed by atoms with van der Waals surface area (Å²) in [5.74, 6) is -0.987. The van der Waals surface area contributed by atoms with Gasteiger partial charge in [-0.15, -0.1) is 0 Å². The number of hydrogen-bond acceptors (Lipinski definition) is 3. The van der Waals surface area contributed by atoms with Crippen LogP contribution >= 0.6 is 0 Å². The van der Waals surface area contributed by atoms with Crippen LogP contribution < -0.4 is 5.32 Å². The van der Waals surface area contributed by atoms with Crippen LogP contribution in [0.4, 0.5) is 13.6 Å². The predicted molar refractivity (Wildman–Crippen MR) is 54.9 cm³/mol. The second-order valence-corrected chi connectivity index (χ2v) is 3.29. The van der Waals surface area contributed by atoms with Crippen LogP contribution in [0.1, 0.15) is 12.8 Å². The number of aliphatic hydroxyl groups is 1. The average Bonchev–Trinajstić information content (AvgIpc) is 2.22. The molecule has 0 bridgehead atoms. The fourth-order valence-corrected chi connectivity index (χ4v) is 1.11. The molecule has 0 aliphatic rings. The van der Waals surface area contributed by atoms with Gasteiger partial charge in [-0.05, 0) is 6.42 Å². The summed E-state index contributed by atoms with van der Waals surface area (Å²) in [6.07, 6.45) is -2.55. The molecule has 100 valence electrons. The van der Waals surface area contributed by atoms with Crippen molar-refractivity contribution in [3.05, 3.63) is 0 Å². The van der Waals surface area contributed by atoms with E-state index in [1.165, 1.54) is 0 Å². The summed E-state index contributed by atoms with van der Waals surface area (Å²) in [5, 5.41) is 19.2. The first kappa shape index (κ1) is 15.6. The number of aliphatic carboxylic acids is 1. The van der Waals surface area contributed by atoms with Crippen molar-refractivity contribution in [2.45, 2.75) is 19.3 Å². The third kappa shape index (κ3) is 8.38. The Kier molecular flexibility index (Phi) is 7.95. The van der Waals surface area contributed by atoms with Crippen molar-refractivity contribution < 1.29 is 28.6 Å². The van der Waals surface area contributed by atoms with Gasteiger partial charge in [0.25, 0.3) is 6.43 Å². The number of alkyl halides is 2. The molecule has 0 radical (unpaired) electrons. The minimum Gasteiger partial charge on any atom is -0.481 e. The standard InChI is InChI=1S/C9H16F2N2O4/c10-7(11)6-13(4-5-14)9(17)12-3-1-2-8(15)16/h7,14H,1-6H2,(H,12,17)(H,15,16). The highest BCUT2D eigenvalue weighted by atomic mass is 19.3. The summed E-state index contributed by atoms with van der Waals surface area (Å²) in [7, 11) is 0. The van der Waals surface area contributed by atoms with Crippen LogP contribution in [0.3, 0.4) is 0 Å². The third-order valence-corrected chi connectivity index (χ3v) is 1.86. The van der Waals surface area contributed by atoms with E-state index in [1.807, 2.05) is 0 Å². The number of rotatable bonds is 8. The molecule has 6 nitrogen and oxygen atoms in total. The van der Waals surface area contributed by atoms with Crippen molar-refractivity contribution in [1.29, 1.82) is 0 Å². The Morgan fingerprint density at radius 3 is 2.47 bits per heavy atom. The molecule has 0 spiro atoms. The summed E-state index contributed by atoms with van der Waals surface area (Å²) in [4.78, 5) is 22.3. The molecule has 0 aromatic carbocycles. The van der Waals surface area contributed by atoms with Crippen molar-refractivity contribution in [3.63, 3.8) is 0 Å². The van der Waals surface area contributed by atoms with E-state index in [4.69, 9.17) is 10.2 Å². The molecular weight excluding hydrogens is 238 g/mol. The Hall–Kier alpha value is -1.44. The van der Waals surface area contributed by atoms with Crippen molar-refractivity contribution in [1.82, 2.24) is 10.2 Å². The van der Waals surface area contributed by atoms with Crippen LogP contribution in [0.25, 0.3) is 0 Å². The molecule has 2 amide bonds. The van der Waals surface area contributed by atoms with Gasteiger partial charge in [0.2, 0.25) is 0 Å². The van der Waals surface area contributed by atoms with E-state index >= 15 is 0 Å². The minimum atomic E-state index is -2.67. The second kappa shape index (κ2) is 8.68. The fraction of sp³-hybridized carbons (Fsp3) is 0.778. The lowest BCUT2D eigenvalue weighted by atomic mass is 10.3. The largest absolute Gasteiger partial charge is 0.481 e. The highest BCUT2D eigenvalue weighted by molar-refractivity contribution is 5.74.